The smallest absolute Gasteiger partial charge is 0.378 e. The van der Waals surface area contributed by atoms with Crippen LogP contribution in [0.3, 0.4) is 0 Å². The van der Waals surface area contributed by atoms with Gasteiger partial charge in [-0.15, -0.1) is 5.48 Å². The van der Waals surface area contributed by atoms with Crippen molar-refractivity contribution in [1.29, 1.82) is 0 Å². The van der Waals surface area contributed by atoms with Crippen molar-refractivity contribution in [3.63, 3.8) is 0 Å². The maximum absolute atomic E-state index is 13.1. The van der Waals surface area contributed by atoms with Gasteiger partial charge < -0.3 is 14.5 Å². The van der Waals surface area contributed by atoms with Crippen molar-refractivity contribution in [2.75, 3.05) is 24.6 Å². The molecule has 6 nitrogen and oxygen atoms in total. The fraction of sp³-hybridized carbons (Fsp3) is 0.667. The number of rotatable bonds is 8. The molecule has 2 rings (SSSR count). The van der Waals surface area contributed by atoms with Gasteiger partial charge in [0.15, 0.2) is 0 Å². The van der Waals surface area contributed by atoms with Gasteiger partial charge in [0.25, 0.3) is 0 Å². The van der Waals surface area contributed by atoms with Gasteiger partial charge in [0.2, 0.25) is 0 Å². The van der Waals surface area contributed by atoms with E-state index in [0.29, 0.717) is 25.3 Å². The van der Waals surface area contributed by atoms with E-state index >= 15 is 0 Å². The van der Waals surface area contributed by atoms with E-state index in [4.69, 9.17) is 4.74 Å². The quantitative estimate of drug-likeness (QED) is 0.543. The predicted octanol–water partition coefficient (Wildman–Crippen LogP) is 3.45. The molecule has 0 unspecified atom stereocenters. The van der Waals surface area contributed by atoms with E-state index in [2.05, 4.69) is 22.2 Å². The topological polar surface area (TPSA) is 63.7 Å². The van der Waals surface area contributed by atoms with Gasteiger partial charge in [-0.1, -0.05) is 19.4 Å². The average Bonchev–Trinajstić information content (AvgIpc) is 2.61. The summed E-state index contributed by atoms with van der Waals surface area (Å²) in [6.07, 6.45) is -0.858. The van der Waals surface area contributed by atoms with Crippen molar-refractivity contribution in [1.82, 2.24) is 10.5 Å². The SMILES string of the molecule is CCCCOC1CCN(c2nc(C(F)(F)F)ccc2CNOC(C)=O)CC1. The Morgan fingerprint density at radius 3 is 2.63 bits per heavy atom. The second-order valence-electron chi connectivity index (χ2n) is 6.50. The summed E-state index contributed by atoms with van der Waals surface area (Å²) in [6, 6.07) is 2.31. The first-order valence-electron chi connectivity index (χ1n) is 9.15. The second-order valence-corrected chi connectivity index (χ2v) is 6.50. The first kappa shape index (κ1) is 21.4. The van der Waals surface area contributed by atoms with Gasteiger partial charge >= 0.3 is 12.1 Å². The van der Waals surface area contributed by atoms with Gasteiger partial charge in [-0.05, 0) is 25.3 Å². The van der Waals surface area contributed by atoms with Crippen molar-refractivity contribution in [2.24, 2.45) is 0 Å². The van der Waals surface area contributed by atoms with Crippen LogP contribution in [0, 0.1) is 0 Å². The highest BCUT2D eigenvalue weighted by Gasteiger charge is 2.34. The lowest BCUT2D eigenvalue weighted by atomic mass is 10.1. The Hall–Kier alpha value is -1.87. The minimum atomic E-state index is -4.52. The molecule has 2 heterocycles. The molecule has 0 radical (unpaired) electrons. The highest BCUT2D eigenvalue weighted by molar-refractivity contribution is 5.65. The maximum atomic E-state index is 13.1. The normalized spacial score (nSPS) is 15.8. The van der Waals surface area contributed by atoms with Crippen LogP contribution in [-0.4, -0.2) is 36.8 Å². The summed E-state index contributed by atoms with van der Waals surface area (Å²) < 4.78 is 45.0. The lowest BCUT2D eigenvalue weighted by Crippen LogP contribution is -2.38. The van der Waals surface area contributed by atoms with Crippen LogP contribution in [0.25, 0.3) is 0 Å². The van der Waals surface area contributed by atoms with Crippen molar-refractivity contribution in [3.05, 3.63) is 23.4 Å². The van der Waals surface area contributed by atoms with E-state index in [1.54, 1.807) is 0 Å². The lowest BCUT2D eigenvalue weighted by Gasteiger charge is -2.34. The second kappa shape index (κ2) is 9.89. The number of ether oxygens (including phenoxy) is 1. The van der Waals surface area contributed by atoms with Crippen molar-refractivity contribution < 1.29 is 27.5 Å². The summed E-state index contributed by atoms with van der Waals surface area (Å²) >= 11 is 0. The summed E-state index contributed by atoms with van der Waals surface area (Å²) in [6.45, 7) is 5.24. The fourth-order valence-electron chi connectivity index (χ4n) is 2.89. The van der Waals surface area contributed by atoms with E-state index in [9.17, 15) is 18.0 Å². The Morgan fingerprint density at radius 1 is 1.33 bits per heavy atom. The molecule has 0 amide bonds. The molecule has 0 aromatic carbocycles. The number of anilines is 1. The molecule has 1 saturated heterocycles. The number of carbonyl (C=O) groups is 1. The molecule has 0 aliphatic carbocycles. The molecular formula is C18H26F3N3O3. The van der Waals surface area contributed by atoms with Crippen LogP contribution < -0.4 is 10.4 Å². The largest absolute Gasteiger partial charge is 0.433 e. The number of alkyl halides is 3. The number of hydrogen-bond donors (Lipinski definition) is 1. The van der Waals surface area contributed by atoms with E-state index in [-0.39, 0.29) is 18.5 Å². The van der Waals surface area contributed by atoms with Crippen LogP contribution in [0.1, 0.15) is 50.8 Å². The monoisotopic (exact) mass is 389 g/mol. The number of halogens is 3. The molecule has 0 bridgehead atoms. The zero-order valence-corrected chi connectivity index (χ0v) is 15.6. The number of unbranched alkanes of at least 4 members (excludes halogenated alkanes) is 1. The Bertz CT molecular complexity index is 618. The van der Waals surface area contributed by atoms with Crippen molar-refractivity contribution in [3.8, 4) is 0 Å². The highest BCUT2D eigenvalue weighted by atomic mass is 19.4. The molecule has 9 heteroatoms. The molecular weight excluding hydrogens is 363 g/mol. The molecule has 1 aromatic rings. The summed E-state index contributed by atoms with van der Waals surface area (Å²) in [5, 5.41) is 0. The van der Waals surface area contributed by atoms with E-state index in [0.717, 1.165) is 31.7 Å². The molecule has 0 spiro atoms. The van der Waals surface area contributed by atoms with Gasteiger partial charge in [-0.3, -0.25) is 4.79 Å². The Balaban J connectivity index is 2.09. The third-order valence-electron chi connectivity index (χ3n) is 4.32. The summed E-state index contributed by atoms with van der Waals surface area (Å²) in [4.78, 5) is 21.2. The standard InChI is InChI=1S/C18H26F3N3O3/c1-3-4-11-26-15-7-9-24(10-8-15)17-14(12-22-27-13(2)25)5-6-16(23-17)18(19,20)21/h5-6,15,22H,3-4,7-12H2,1-2H3. The number of piperidine rings is 1. The third-order valence-corrected chi connectivity index (χ3v) is 4.32. The average molecular weight is 389 g/mol. The summed E-state index contributed by atoms with van der Waals surface area (Å²) in [7, 11) is 0. The van der Waals surface area contributed by atoms with Crippen LogP contribution in [0.15, 0.2) is 12.1 Å². The highest BCUT2D eigenvalue weighted by Crippen LogP contribution is 2.31. The molecule has 0 saturated carbocycles. The van der Waals surface area contributed by atoms with E-state index in [1.165, 1.54) is 13.0 Å². The molecule has 1 aliphatic heterocycles. The van der Waals surface area contributed by atoms with Gasteiger partial charge in [0.1, 0.15) is 11.5 Å². The molecule has 27 heavy (non-hydrogen) atoms. The molecule has 1 aliphatic rings. The first-order valence-corrected chi connectivity index (χ1v) is 9.15. The third kappa shape index (κ3) is 6.66. The number of nitrogens with one attached hydrogen (secondary N) is 1. The zero-order chi connectivity index (χ0) is 19.9. The number of nitrogens with zero attached hydrogens (tertiary/aromatic N) is 2. The zero-order valence-electron chi connectivity index (χ0n) is 15.6. The number of pyridine rings is 1. The number of carbonyl (C=O) groups excluding carboxylic acids is 1. The minimum Gasteiger partial charge on any atom is -0.378 e. The molecule has 1 aromatic heterocycles. The molecule has 0 atom stereocenters. The number of aromatic nitrogens is 1. The van der Waals surface area contributed by atoms with Crippen molar-refractivity contribution >= 4 is 11.8 Å². The van der Waals surface area contributed by atoms with Crippen molar-refractivity contribution in [2.45, 2.75) is 58.4 Å². The fourth-order valence-corrected chi connectivity index (χ4v) is 2.89. The molecule has 1 N–H and O–H groups in total. The predicted molar refractivity (Wildman–Crippen MR) is 93.9 cm³/mol. The number of hydroxylamine groups is 1. The van der Waals surface area contributed by atoms with E-state index in [1.807, 2.05) is 4.90 Å². The molecule has 1 fully saturated rings. The minimum absolute atomic E-state index is 0.0764. The number of hydrogen-bond acceptors (Lipinski definition) is 6. The van der Waals surface area contributed by atoms with Crippen LogP contribution in [0.5, 0.6) is 0 Å². The van der Waals surface area contributed by atoms with Crippen LogP contribution in [0.4, 0.5) is 19.0 Å². The lowest BCUT2D eigenvalue weighted by molar-refractivity contribution is -0.148. The van der Waals surface area contributed by atoms with Crippen LogP contribution in [0.2, 0.25) is 0 Å². The van der Waals surface area contributed by atoms with Crippen LogP contribution >= 0.6 is 0 Å². The summed E-state index contributed by atoms with van der Waals surface area (Å²) in [5.74, 6) is -0.266. The summed E-state index contributed by atoms with van der Waals surface area (Å²) in [5.41, 5.74) is 2.06. The van der Waals surface area contributed by atoms with E-state index < -0.39 is 17.8 Å². The Labute approximate surface area is 157 Å². The Kier molecular flexibility index (Phi) is 7.85. The van der Waals surface area contributed by atoms with Gasteiger partial charge in [-0.25, -0.2) is 4.98 Å². The maximum Gasteiger partial charge on any atom is 0.433 e. The van der Waals surface area contributed by atoms with Gasteiger partial charge in [-0.2, -0.15) is 13.2 Å². The van der Waals surface area contributed by atoms with Gasteiger partial charge in [0.05, 0.1) is 12.6 Å². The first-order chi connectivity index (χ1) is 12.8. The Morgan fingerprint density at radius 2 is 2.04 bits per heavy atom. The van der Waals surface area contributed by atoms with Gasteiger partial charge in [0, 0.05) is 32.2 Å². The molecule has 152 valence electrons. The van der Waals surface area contributed by atoms with Crippen LogP contribution in [-0.2, 0) is 27.1 Å².